The van der Waals surface area contributed by atoms with E-state index in [4.69, 9.17) is 20.6 Å². The second kappa shape index (κ2) is 10.0. The molecule has 7 N–H and O–H groups in total. The molecule has 0 aromatic heterocycles. The number of benzene rings is 1. The van der Waals surface area contributed by atoms with Gasteiger partial charge in [-0.05, 0) is 12.0 Å². The third kappa shape index (κ3) is 8.72. The maximum Gasteiger partial charge on any atom is 0.344 e. The van der Waals surface area contributed by atoms with Gasteiger partial charge in [0, 0.05) is 12.8 Å². The van der Waals surface area contributed by atoms with E-state index in [0.29, 0.717) is 0 Å². The molecule has 2 amide bonds. The van der Waals surface area contributed by atoms with Crippen LogP contribution in [0.5, 0.6) is 0 Å². The molecule has 11 heteroatoms. The summed E-state index contributed by atoms with van der Waals surface area (Å²) in [6.07, 6.45) is -1.06. The lowest BCUT2D eigenvalue weighted by molar-refractivity contribution is -0.138. The first-order valence-corrected chi connectivity index (χ1v) is 9.52. The molecule has 1 rings (SSSR count). The van der Waals surface area contributed by atoms with Crippen LogP contribution >= 0.6 is 7.60 Å². The molecular formula is C15H22N3O7P. The molecule has 1 aromatic carbocycles. The van der Waals surface area contributed by atoms with Crippen molar-refractivity contribution in [3.8, 4) is 0 Å². The van der Waals surface area contributed by atoms with Crippen LogP contribution in [0.15, 0.2) is 30.3 Å². The minimum Gasteiger partial charge on any atom is -0.480 e. The molecule has 0 aliphatic heterocycles. The average Bonchev–Trinajstić information content (AvgIpc) is 2.57. The quantitative estimate of drug-likeness (QED) is 0.281. The van der Waals surface area contributed by atoms with Gasteiger partial charge in [0.25, 0.3) is 0 Å². The van der Waals surface area contributed by atoms with Gasteiger partial charge in [0.2, 0.25) is 11.8 Å². The molecule has 1 unspecified atom stereocenters. The van der Waals surface area contributed by atoms with Crippen molar-refractivity contribution in [2.24, 2.45) is 5.73 Å². The van der Waals surface area contributed by atoms with E-state index in [2.05, 4.69) is 10.6 Å². The Bertz CT molecular complexity index is 677. The Hall–Kier alpha value is -2.26. The number of carbonyl (C=O) groups excluding carboxylic acids is 2. The Kier molecular flexibility index (Phi) is 8.40. The maximum atomic E-state index is 12.2. The topological polar surface area (TPSA) is 179 Å². The molecule has 2 atom stereocenters. The van der Waals surface area contributed by atoms with Gasteiger partial charge in [-0.2, -0.15) is 0 Å². The van der Waals surface area contributed by atoms with Crippen LogP contribution in [0.25, 0.3) is 0 Å². The molecule has 1 aromatic rings. The van der Waals surface area contributed by atoms with Crippen LogP contribution in [0.4, 0.5) is 0 Å². The fraction of sp³-hybridized carbons (Fsp3) is 0.400. The number of hydrogen-bond donors (Lipinski definition) is 6. The summed E-state index contributed by atoms with van der Waals surface area (Å²) in [5.41, 5.74) is 6.06. The van der Waals surface area contributed by atoms with E-state index in [1.165, 1.54) is 0 Å². The number of nitrogens with one attached hydrogen (secondary N) is 2. The zero-order valence-corrected chi connectivity index (χ0v) is 14.8. The summed E-state index contributed by atoms with van der Waals surface area (Å²) in [5, 5.41) is 13.3. The van der Waals surface area contributed by atoms with E-state index in [0.717, 1.165) is 5.56 Å². The van der Waals surface area contributed by atoms with Crippen LogP contribution in [0, 0.1) is 0 Å². The Morgan fingerprint density at radius 3 is 2.31 bits per heavy atom. The lowest BCUT2D eigenvalue weighted by Crippen LogP contribution is -2.48. The molecule has 0 bridgehead atoms. The Balaban J connectivity index is 2.73. The minimum absolute atomic E-state index is 0.102. The number of aliphatic carboxylic acids is 1. The molecule has 0 heterocycles. The molecule has 0 radical (unpaired) electrons. The summed E-state index contributed by atoms with van der Waals surface area (Å²) in [4.78, 5) is 52.6. The van der Waals surface area contributed by atoms with Crippen molar-refractivity contribution in [2.45, 2.75) is 31.3 Å². The molecule has 0 aliphatic rings. The van der Waals surface area contributed by atoms with E-state index in [1.54, 1.807) is 30.3 Å². The molecular weight excluding hydrogens is 365 g/mol. The predicted molar refractivity (Wildman–Crippen MR) is 92.0 cm³/mol. The summed E-state index contributed by atoms with van der Waals surface area (Å²) in [6.45, 7) is 0. The van der Waals surface area contributed by atoms with Crippen molar-refractivity contribution in [2.75, 3.05) is 6.29 Å². The van der Waals surface area contributed by atoms with Crippen molar-refractivity contribution >= 4 is 25.4 Å². The average molecular weight is 387 g/mol. The Labute approximate surface area is 149 Å². The van der Waals surface area contributed by atoms with Crippen LogP contribution in [0.1, 0.15) is 18.4 Å². The summed E-state index contributed by atoms with van der Waals surface area (Å²) >= 11 is 0. The van der Waals surface area contributed by atoms with Gasteiger partial charge < -0.3 is 31.3 Å². The van der Waals surface area contributed by atoms with E-state index in [9.17, 15) is 18.9 Å². The summed E-state index contributed by atoms with van der Waals surface area (Å²) in [6, 6.07) is 6.46. The largest absolute Gasteiger partial charge is 0.480 e. The van der Waals surface area contributed by atoms with Gasteiger partial charge in [0.05, 0.1) is 0 Å². The lowest BCUT2D eigenvalue weighted by atomic mass is 10.0. The third-order valence-electron chi connectivity index (χ3n) is 3.39. The van der Waals surface area contributed by atoms with Crippen LogP contribution in [-0.2, 0) is 25.4 Å². The molecule has 26 heavy (non-hydrogen) atoms. The zero-order chi connectivity index (χ0) is 19.7. The summed E-state index contributed by atoms with van der Waals surface area (Å²) in [5.74, 6) is -2.58. The van der Waals surface area contributed by atoms with Gasteiger partial charge in [0.15, 0.2) is 0 Å². The second-order valence-electron chi connectivity index (χ2n) is 5.66. The van der Waals surface area contributed by atoms with Crippen LogP contribution in [0.3, 0.4) is 0 Å². The van der Waals surface area contributed by atoms with Crippen molar-refractivity contribution in [3.63, 3.8) is 0 Å². The van der Waals surface area contributed by atoms with Gasteiger partial charge in [-0.3, -0.25) is 18.9 Å². The SMILES string of the molecule is N[C@@H](CCC(=O)NC(Cc1ccccc1)C(=O)NCP(=O)(O)O)C(=O)O. The number of rotatable bonds is 10. The van der Waals surface area contributed by atoms with E-state index in [-0.39, 0.29) is 19.3 Å². The highest BCUT2D eigenvalue weighted by Crippen LogP contribution is 2.31. The highest BCUT2D eigenvalue weighted by molar-refractivity contribution is 7.51. The Morgan fingerprint density at radius 2 is 1.77 bits per heavy atom. The number of carboxylic acids is 1. The van der Waals surface area contributed by atoms with Crippen molar-refractivity contribution < 1.29 is 33.8 Å². The number of amides is 2. The highest BCUT2D eigenvalue weighted by Gasteiger charge is 2.24. The number of carboxylic acid groups (broad SMARTS) is 1. The maximum absolute atomic E-state index is 12.2. The molecule has 10 nitrogen and oxygen atoms in total. The molecule has 0 aliphatic carbocycles. The number of carbonyl (C=O) groups is 3. The van der Waals surface area contributed by atoms with Gasteiger partial charge in [-0.25, -0.2) is 0 Å². The first kappa shape index (κ1) is 21.8. The monoisotopic (exact) mass is 387 g/mol. The minimum atomic E-state index is -4.44. The fourth-order valence-corrected chi connectivity index (χ4v) is 2.40. The molecule has 144 valence electrons. The van der Waals surface area contributed by atoms with E-state index >= 15 is 0 Å². The smallest absolute Gasteiger partial charge is 0.344 e. The second-order valence-corrected chi connectivity index (χ2v) is 7.30. The molecule has 0 fully saturated rings. The molecule has 0 saturated carbocycles. The highest BCUT2D eigenvalue weighted by atomic mass is 31.2. The number of nitrogens with two attached hydrogens (primary N) is 1. The van der Waals surface area contributed by atoms with Gasteiger partial charge >= 0.3 is 13.6 Å². The molecule has 0 saturated heterocycles. The van der Waals surface area contributed by atoms with Gasteiger partial charge in [0.1, 0.15) is 18.4 Å². The van der Waals surface area contributed by atoms with E-state index in [1.807, 2.05) is 0 Å². The standard InChI is InChI=1S/C15H22N3O7P/c16-11(15(21)22)6-7-13(19)18-12(8-10-4-2-1-3-5-10)14(20)17-9-26(23,24)25/h1-5,11-12H,6-9,16H2,(H,17,20)(H,18,19)(H,21,22)(H2,23,24,25)/t11-,12?/m0/s1. The predicted octanol–water partition coefficient (Wildman–Crippen LogP) is -0.843. The van der Waals surface area contributed by atoms with Crippen molar-refractivity contribution in [3.05, 3.63) is 35.9 Å². The van der Waals surface area contributed by atoms with Gasteiger partial charge in [-0.1, -0.05) is 30.3 Å². The summed E-state index contributed by atoms with van der Waals surface area (Å²) in [7, 11) is -4.44. The van der Waals surface area contributed by atoms with E-state index < -0.39 is 43.7 Å². The Morgan fingerprint density at radius 1 is 1.15 bits per heavy atom. The van der Waals surface area contributed by atoms with Gasteiger partial charge in [-0.15, -0.1) is 0 Å². The fourth-order valence-electron chi connectivity index (χ4n) is 2.04. The normalized spacial score (nSPS) is 13.5. The number of hydrogen-bond acceptors (Lipinski definition) is 5. The van der Waals surface area contributed by atoms with Crippen LogP contribution in [0.2, 0.25) is 0 Å². The lowest BCUT2D eigenvalue weighted by Gasteiger charge is -2.19. The van der Waals surface area contributed by atoms with Crippen molar-refractivity contribution in [1.82, 2.24) is 10.6 Å². The van der Waals surface area contributed by atoms with Crippen LogP contribution < -0.4 is 16.4 Å². The van der Waals surface area contributed by atoms with Crippen molar-refractivity contribution in [1.29, 1.82) is 0 Å². The molecule has 0 spiro atoms. The summed E-state index contributed by atoms with van der Waals surface area (Å²) < 4.78 is 10.9. The third-order valence-corrected chi connectivity index (χ3v) is 3.96. The first-order valence-electron chi connectivity index (χ1n) is 7.72. The van der Waals surface area contributed by atoms with Crippen LogP contribution in [-0.4, -0.2) is 51.0 Å². The first-order chi connectivity index (χ1) is 12.1. The zero-order valence-electron chi connectivity index (χ0n) is 13.9.